The van der Waals surface area contributed by atoms with Crippen LogP contribution in [0.15, 0.2) is 0 Å². The van der Waals surface area contributed by atoms with Crippen LogP contribution in [0, 0.1) is 56.7 Å². The predicted octanol–water partition coefficient (Wildman–Crippen LogP) is 1.70. The predicted molar refractivity (Wildman–Crippen MR) is 55.0 cm³/mol. The summed E-state index contributed by atoms with van der Waals surface area (Å²) in [4.78, 5) is 0. The van der Waals surface area contributed by atoms with E-state index in [4.69, 9.17) is 37.9 Å². The van der Waals surface area contributed by atoms with Gasteiger partial charge in [-0.2, -0.15) is 26.3 Å². The Labute approximate surface area is 102 Å². The summed E-state index contributed by atoms with van der Waals surface area (Å²) in [5.41, 5.74) is -1.39. The highest BCUT2D eigenvalue weighted by Gasteiger charge is 2.23. The van der Waals surface area contributed by atoms with Crippen molar-refractivity contribution in [2.45, 2.75) is 0 Å². The van der Waals surface area contributed by atoms with E-state index in [1.165, 1.54) is 0 Å². The van der Waals surface area contributed by atoms with E-state index in [1.54, 1.807) is 30.3 Å². The molecular weight excluding hydrogens is 238 g/mol. The summed E-state index contributed by atoms with van der Waals surface area (Å²) in [6, 6.07) is 8.22. The van der Waals surface area contributed by atoms with Crippen molar-refractivity contribution in [1.29, 1.82) is 26.3 Å². The molecule has 1 aromatic rings. The van der Waals surface area contributed by atoms with E-state index in [0.29, 0.717) is 0 Å². The molecule has 17 heavy (non-hydrogen) atoms. The third-order valence-corrected chi connectivity index (χ3v) is 2.38. The first-order valence-corrected chi connectivity index (χ1v) is 4.43. The van der Waals surface area contributed by atoms with Crippen LogP contribution in [0.25, 0.3) is 0 Å². The highest BCUT2D eigenvalue weighted by Crippen LogP contribution is 2.30. The van der Waals surface area contributed by atoms with Gasteiger partial charge in [-0.1, -0.05) is 11.6 Å². The number of halogens is 1. The fourth-order valence-corrected chi connectivity index (χ4v) is 1.54. The van der Waals surface area contributed by atoms with E-state index in [1.807, 2.05) is 0 Å². The van der Waals surface area contributed by atoms with Gasteiger partial charge in [0.25, 0.3) is 0 Å². The molecule has 0 aliphatic heterocycles. The maximum atomic E-state index is 8.88. The molecule has 0 bridgehead atoms. The highest BCUT2D eigenvalue weighted by molar-refractivity contribution is 6.33. The fourth-order valence-electron chi connectivity index (χ4n) is 1.26. The fraction of sp³-hybridized carbons (Fsp3) is 0. The van der Waals surface area contributed by atoms with Gasteiger partial charge < -0.3 is 0 Å². The summed E-state index contributed by atoms with van der Waals surface area (Å²) in [5.74, 6) is 0. The number of rotatable bonds is 0. The van der Waals surface area contributed by atoms with Crippen LogP contribution >= 0.6 is 11.6 Å². The van der Waals surface area contributed by atoms with Crippen molar-refractivity contribution in [3.63, 3.8) is 0 Å². The first-order chi connectivity index (χ1) is 8.15. The molecule has 1 rings (SSSR count). The molecule has 0 heterocycles. The van der Waals surface area contributed by atoms with E-state index in [0.717, 1.165) is 0 Å². The molecule has 0 radical (unpaired) electrons. The average molecular weight is 238 g/mol. The molecule has 0 aliphatic carbocycles. The van der Waals surface area contributed by atoms with E-state index >= 15 is 0 Å². The Balaban J connectivity index is 4.10. The first-order valence-electron chi connectivity index (χ1n) is 4.06. The molecular formula is C11ClN5. The van der Waals surface area contributed by atoms with Crippen molar-refractivity contribution in [2.24, 2.45) is 0 Å². The maximum absolute atomic E-state index is 8.88. The van der Waals surface area contributed by atoms with Crippen LogP contribution in [0.5, 0.6) is 0 Å². The van der Waals surface area contributed by atoms with E-state index in [9.17, 15) is 0 Å². The molecule has 0 atom stereocenters. The first kappa shape index (κ1) is 12.0. The second kappa shape index (κ2) is 4.65. The van der Waals surface area contributed by atoms with Gasteiger partial charge in [0.2, 0.25) is 0 Å². The van der Waals surface area contributed by atoms with Gasteiger partial charge in [0.1, 0.15) is 30.3 Å². The molecule has 1 aromatic carbocycles. The van der Waals surface area contributed by atoms with Crippen LogP contribution in [0.1, 0.15) is 27.8 Å². The third-order valence-electron chi connectivity index (χ3n) is 2.00. The SMILES string of the molecule is N#Cc1c(Cl)c(C#N)c(C#N)c(C#N)c1C#N. The smallest absolute Gasteiger partial charge is 0.102 e. The average Bonchev–Trinajstić information content (AvgIpc) is 2.36. The molecule has 76 valence electrons. The lowest BCUT2D eigenvalue weighted by molar-refractivity contribution is 1.34. The van der Waals surface area contributed by atoms with Gasteiger partial charge in [0.15, 0.2) is 0 Å². The lowest BCUT2D eigenvalue weighted by atomic mass is 9.94. The topological polar surface area (TPSA) is 119 Å². The van der Waals surface area contributed by atoms with Gasteiger partial charge in [-0.25, -0.2) is 0 Å². The van der Waals surface area contributed by atoms with Crippen molar-refractivity contribution in [3.8, 4) is 30.3 Å². The van der Waals surface area contributed by atoms with Gasteiger partial charge >= 0.3 is 0 Å². The molecule has 0 amide bonds. The molecule has 0 aliphatic rings. The third kappa shape index (κ3) is 1.62. The quantitative estimate of drug-likeness (QED) is 0.680. The minimum absolute atomic E-state index is 0.263. The summed E-state index contributed by atoms with van der Waals surface area (Å²) < 4.78 is 0. The summed E-state index contributed by atoms with van der Waals surface area (Å²) in [5, 5.41) is 44.0. The molecule has 0 fully saturated rings. The van der Waals surface area contributed by atoms with Crippen molar-refractivity contribution in [1.82, 2.24) is 0 Å². The van der Waals surface area contributed by atoms with E-state index in [2.05, 4.69) is 0 Å². The number of hydrogen-bond donors (Lipinski definition) is 0. The standard InChI is InChI=1S/C11ClN5/c12-11-9(4-16)7(2-14)6(1-13)8(3-15)10(11)5-17. The number of nitriles is 5. The lowest BCUT2D eigenvalue weighted by Gasteiger charge is -2.05. The molecule has 0 spiro atoms. The summed E-state index contributed by atoms with van der Waals surface area (Å²) in [7, 11) is 0. The number of hydrogen-bond acceptors (Lipinski definition) is 5. The zero-order valence-corrected chi connectivity index (χ0v) is 8.87. The monoisotopic (exact) mass is 237 g/mol. The maximum Gasteiger partial charge on any atom is 0.102 e. The molecule has 0 saturated heterocycles. The van der Waals surface area contributed by atoms with Crippen LogP contribution in [-0.4, -0.2) is 0 Å². The highest BCUT2D eigenvalue weighted by atomic mass is 35.5. The van der Waals surface area contributed by atoms with Gasteiger partial charge in [-0.15, -0.1) is 0 Å². The number of nitrogens with zero attached hydrogens (tertiary/aromatic N) is 5. The summed E-state index contributed by atoms with van der Waals surface area (Å²) in [6.07, 6.45) is 0. The Morgan fingerprint density at radius 1 is 0.529 bits per heavy atom. The van der Waals surface area contributed by atoms with Crippen molar-refractivity contribution < 1.29 is 0 Å². The van der Waals surface area contributed by atoms with Crippen LogP contribution in [0.2, 0.25) is 5.02 Å². The normalized spacial score (nSPS) is 8.00. The minimum Gasteiger partial charge on any atom is -0.192 e. The number of benzene rings is 1. The van der Waals surface area contributed by atoms with Crippen LogP contribution in [0.4, 0.5) is 0 Å². The van der Waals surface area contributed by atoms with Crippen LogP contribution in [0.3, 0.4) is 0 Å². The molecule has 0 aromatic heterocycles. The lowest BCUT2D eigenvalue weighted by Crippen LogP contribution is -2.00. The minimum atomic E-state index is -0.299. The zero-order valence-electron chi connectivity index (χ0n) is 8.11. The van der Waals surface area contributed by atoms with E-state index in [-0.39, 0.29) is 32.8 Å². The van der Waals surface area contributed by atoms with Crippen LogP contribution in [-0.2, 0) is 0 Å². The van der Waals surface area contributed by atoms with Gasteiger partial charge in [-0.3, -0.25) is 0 Å². The molecule has 0 saturated carbocycles. The second-order valence-electron chi connectivity index (χ2n) is 2.75. The molecule has 5 nitrogen and oxygen atoms in total. The summed E-state index contributed by atoms with van der Waals surface area (Å²) in [6.45, 7) is 0. The largest absolute Gasteiger partial charge is 0.192 e. The van der Waals surface area contributed by atoms with Crippen molar-refractivity contribution in [2.75, 3.05) is 0 Å². The Morgan fingerprint density at radius 2 is 0.765 bits per heavy atom. The molecule has 0 unspecified atom stereocenters. The Bertz CT molecular complexity index is 660. The Hall–Kier alpha value is -3.04. The van der Waals surface area contributed by atoms with Crippen LogP contribution < -0.4 is 0 Å². The summed E-state index contributed by atoms with van der Waals surface area (Å²) >= 11 is 5.75. The van der Waals surface area contributed by atoms with Gasteiger partial charge in [0.05, 0.1) is 32.8 Å². The zero-order chi connectivity index (χ0) is 13.0. The molecule has 6 heteroatoms. The van der Waals surface area contributed by atoms with Crippen molar-refractivity contribution in [3.05, 3.63) is 32.8 Å². The van der Waals surface area contributed by atoms with Crippen molar-refractivity contribution >= 4 is 11.6 Å². The van der Waals surface area contributed by atoms with Gasteiger partial charge in [0, 0.05) is 0 Å². The Kier molecular flexibility index (Phi) is 3.29. The second-order valence-corrected chi connectivity index (χ2v) is 3.13. The van der Waals surface area contributed by atoms with Gasteiger partial charge in [-0.05, 0) is 0 Å². The molecule has 0 N–H and O–H groups in total. The Morgan fingerprint density at radius 3 is 1.00 bits per heavy atom. The van der Waals surface area contributed by atoms with E-state index < -0.39 is 0 Å².